The van der Waals surface area contributed by atoms with Gasteiger partial charge in [-0.15, -0.1) is 11.8 Å². The fourth-order valence-electron chi connectivity index (χ4n) is 2.77. The molecule has 1 unspecified atom stereocenters. The number of rotatable bonds is 3. The molecule has 0 aliphatic carbocycles. The van der Waals surface area contributed by atoms with E-state index < -0.39 is 0 Å². The molecule has 23 heavy (non-hydrogen) atoms. The van der Waals surface area contributed by atoms with Crippen LogP contribution in [0.1, 0.15) is 27.6 Å². The fourth-order valence-corrected chi connectivity index (χ4v) is 3.94. The van der Waals surface area contributed by atoms with Gasteiger partial charge in [-0.25, -0.2) is 0 Å². The Balaban J connectivity index is 2.00. The maximum absolute atomic E-state index is 12.4. The molecule has 3 rings (SSSR count). The van der Waals surface area contributed by atoms with Crippen LogP contribution in [0.15, 0.2) is 49.0 Å². The lowest BCUT2D eigenvalue weighted by Gasteiger charge is -2.26. The van der Waals surface area contributed by atoms with Gasteiger partial charge in [0.25, 0.3) is 0 Å². The van der Waals surface area contributed by atoms with Gasteiger partial charge < -0.3 is 5.11 Å². The lowest BCUT2D eigenvalue weighted by molar-refractivity contribution is -0.115. The molecule has 118 valence electrons. The summed E-state index contributed by atoms with van der Waals surface area (Å²) in [6, 6.07) is 13.9. The van der Waals surface area contributed by atoms with E-state index in [4.69, 9.17) is 0 Å². The quantitative estimate of drug-likeness (QED) is 0.838. The van der Waals surface area contributed by atoms with Crippen molar-refractivity contribution < 1.29 is 9.90 Å². The van der Waals surface area contributed by atoms with Crippen molar-refractivity contribution in [3.63, 3.8) is 0 Å². The van der Waals surface area contributed by atoms with Gasteiger partial charge in [-0.3, -0.25) is 9.69 Å². The molecule has 1 amide bonds. The van der Waals surface area contributed by atoms with Crippen LogP contribution in [0, 0.1) is 13.8 Å². The third-order valence-corrected chi connectivity index (χ3v) is 5.23. The summed E-state index contributed by atoms with van der Waals surface area (Å²) in [7, 11) is 0. The maximum Gasteiger partial charge on any atom is 0.238 e. The molecule has 1 fully saturated rings. The second-order valence-corrected chi connectivity index (χ2v) is 6.85. The van der Waals surface area contributed by atoms with Gasteiger partial charge in [-0.2, -0.15) is 0 Å². The monoisotopic (exact) mass is 325 g/mol. The van der Waals surface area contributed by atoms with Crippen molar-refractivity contribution in [1.82, 2.24) is 0 Å². The number of anilines is 1. The smallest absolute Gasteiger partial charge is 0.238 e. The van der Waals surface area contributed by atoms with E-state index in [0.717, 1.165) is 16.8 Å². The molecule has 0 saturated carbocycles. The highest BCUT2D eigenvalue weighted by atomic mass is 32.2. The Morgan fingerprint density at radius 2 is 1.91 bits per heavy atom. The van der Waals surface area contributed by atoms with Gasteiger partial charge in [0.2, 0.25) is 5.91 Å². The number of hydrogen-bond acceptors (Lipinski definition) is 3. The number of carbonyl (C=O) groups excluding carboxylic acids is 1. The fraction of sp³-hybridized carbons (Fsp3) is 0.211. The molecule has 1 aliphatic heterocycles. The molecular formula is C19H19NO2S. The van der Waals surface area contributed by atoms with Gasteiger partial charge in [0.15, 0.2) is 0 Å². The van der Waals surface area contributed by atoms with Crippen LogP contribution in [0.3, 0.4) is 0 Å². The third-order valence-electron chi connectivity index (χ3n) is 4.02. The first-order valence-corrected chi connectivity index (χ1v) is 8.51. The van der Waals surface area contributed by atoms with E-state index in [-0.39, 0.29) is 17.0 Å². The lowest BCUT2D eigenvalue weighted by Crippen LogP contribution is -2.28. The lowest BCUT2D eigenvalue weighted by atomic mass is 10.1. The summed E-state index contributed by atoms with van der Waals surface area (Å²) in [5.41, 5.74) is 4.84. The number of aryl methyl sites for hydroxylation is 2. The van der Waals surface area contributed by atoms with Crippen LogP contribution in [0.5, 0.6) is 0 Å². The number of thioether (sulfide) groups is 1. The summed E-state index contributed by atoms with van der Waals surface area (Å²) < 4.78 is 0. The minimum absolute atomic E-state index is 0.00928. The number of amides is 1. The summed E-state index contributed by atoms with van der Waals surface area (Å²) in [6.45, 7) is 7.55. The SMILES string of the molecule is C=C(O)c1ccc(N2C(=O)CSC2c2ccc(C)cc2)c(C)c1. The minimum Gasteiger partial charge on any atom is -0.508 e. The Kier molecular flexibility index (Phi) is 4.18. The van der Waals surface area contributed by atoms with Crippen LogP contribution in [-0.2, 0) is 4.79 Å². The molecule has 0 radical (unpaired) electrons. The zero-order chi connectivity index (χ0) is 16.6. The highest BCUT2D eigenvalue weighted by Gasteiger charge is 2.34. The maximum atomic E-state index is 12.4. The highest BCUT2D eigenvalue weighted by molar-refractivity contribution is 8.00. The van der Waals surface area contributed by atoms with E-state index in [1.807, 2.05) is 24.0 Å². The topological polar surface area (TPSA) is 40.5 Å². The number of nitrogens with zero attached hydrogens (tertiary/aromatic N) is 1. The summed E-state index contributed by atoms with van der Waals surface area (Å²) in [4.78, 5) is 14.3. The predicted molar refractivity (Wildman–Crippen MR) is 96.7 cm³/mol. The van der Waals surface area contributed by atoms with Crippen LogP contribution in [0.25, 0.3) is 5.76 Å². The Morgan fingerprint density at radius 1 is 1.22 bits per heavy atom. The first kappa shape index (κ1) is 15.7. The van der Waals surface area contributed by atoms with Crippen molar-refractivity contribution in [2.75, 3.05) is 10.7 Å². The Morgan fingerprint density at radius 3 is 2.52 bits per heavy atom. The van der Waals surface area contributed by atoms with E-state index in [0.29, 0.717) is 11.3 Å². The average molecular weight is 325 g/mol. The van der Waals surface area contributed by atoms with Crippen molar-refractivity contribution in [1.29, 1.82) is 0 Å². The molecule has 2 aromatic carbocycles. The van der Waals surface area contributed by atoms with Gasteiger partial charge in [-0.05, 0) is 43.2 Å². The highest BCUT2D eigenvalue weighted by Crippen LogP contribution is 2.43. The molecule has 1 atom stereocenters. The summed E-state index contributed by atoms with van der Waals surface area (Å²) in [5, 5.41) is 9.52. The normalized spacial score (nSPS) is 17.6. The van der Waals surface area contributed by atoms with Crippen molar-refractivity contribution in [3.8, 4) is 0 Å². The van der Waals surface area contributed by atoms with Gasteiger partial charge >= 0.3 is 0 Å². The number of hydrogen-bond donors (Lipinski definition) is 1. The predicted octanol–water partition coefficient (Wildman–Crippen LogP) is 4.61. The molecule has 1 N–H and O–H groups in total. The Bertz CT molecular complexity index is 767. The molecule has 1 aliphatic rings. The van der Waals surface area contributed by atoms with Gasteiger partial charge in [0.1, 0.15) is 11.1 Å². The van der Waals surface area contributed by atoms with Crippen LogP contribution in [0.4, 0.5) is 5.69 Å². The van der Waals surface area contributed by atoms with Crippen molar-refractivity contribution in [2.45, 2.75) is 19.2 Å². The van der Waals surface area contributed by atoms with Gasteiger partial charge in [-0.1, -0.05) is 36.4 Å². The first-order valence-electron chi connectivity index (χ1n) is 7.46. The summed E-state index contributed by atoms with van der Waals surface area (Å²) >= 11 is 1.64. The molecule has 4 heteroatoms. The van der Waals surface area contributed by atoms with Crippen LogP contribution >= 0.6 is 11.8 Å². The standard InChI is InChI=1S/C19H19NO2S/c1-12-4-6-15(7-5-12)19-20(18(22)11-23-19)17-9-8-16(14(3)21)10-13(17)2/h4-10,19,21H,3,11H2,1-2H3. The number of benzene rings is 2. The minimum atomic E-state index is -0.00928. The second kappa shape index (κ2) is 6.13. The molecule has 0 spiro atoms. The number of aliphatic hydroxyl groups is 1. The summed E-state index contributed by atoms with van der Waals surface area (Å²) in [5.74, 6) is 0.628. The van der Waals surface area contributed by atoms with E-state index in [1.54, 1.807) is 17.8 Å². The van der Waals surface area contributed by atoms with Crippen molar-refractivity contribution in [2.24, 2.45) is 0 Å². The molecule has 1 heterocycles. The molecule has 0 aromatic heterocycles. The Hall–Kier alpha value is -2.20. The van der Waals surface area contributed by atoms with E-state index >= 15 is 0 Å². The molecule has 2 aromatic rings. The number of carbonyl (C=O) groups is 1. The molecule has 3 nitrogen and oxygen atoms in total. The Labute approximate surface area is 140 Å². The van der Waals surface area contributed by atoms with E-state index in [1.165, 1.54) is 5.56 Å². The molecular weight excluding hydrogens is 306 g/mol. The average Bonchev–Trinajstić information content (AvgIpc) is 2.89. The first-order chi connectivity index (χ1) is 11.0. The third kappa shape index (κ3) is 2.99. The van der Waals surface area contributed by atoms with Crippen molar-refractivity contribution >= 4 is 29.1 Å². The molecule has 0 bridgehead atoms. The van der Waals surface area contributed by atoms with Crippen molar-refractivity contribution in [3.05, 3.63) is 71.3 Å². The second-order valence-electron chi connectivity index (χ2n) is 5.79. The summed E-state index contributed by atoms with van der Waals surface area (Å²) in [6.07, 6.45) is 0. The van der Waals surface area contributed by atoms with Crippen LogP contribution in [0.2, 0.25) is 0 Å². The molecule has 1 saturated heterocycles. The van der Waals surface area contributed by atoms with Crippen LogP contribution < -0.4 is 4.90 Å². The van der Waals surface area contributed by atoms with Crippen LogP contribution in [-0.4, -0.2) is 16.8 Å². The zero-order valence-corrected chi connectivity index (χ0v) is 14.1. The number of aliphatic hydroxyl groups excluding tert-OH is 1. The zero-order valence-electron chi connectivity index (χ0n) is 13.2. The van der Waals surface area contributed by atoms with Gasteiger partial charge in [0.05, 0.1) is 5.75 Å². The largest absolute Gasteiger partial charge is 0.508 e. The van der Waals surface area contributed by atoms with Gasteiger partial charge in [0, 0.05) is 11.3 Å². The van der Waals surface area contributed by atoms with E-state index in [2.05, 4.69) is 37.8 Å². The van der Waals surface area contributed by atoms with E-state index in [9.17, 15) is 9.90 Å².